The Morgan fingerprint density at radius 1 is 1.12 bits per heavy atom. The van der Waals surface area contributed by atoms with Crippen molar-refractivity contribution in [1.29, 1.82) is 0 Å². The van der Waals surface area contributed by atoms with E-state index in [-0.39, 0.29) is 12.5 Å². The third-order valence-electron chi connectivity index (χ3n) is 5.09. The van der Waals surface area contributed by atoms with Crippen molar-refractivity contribution in [3.05, 3.63) is 59.1 Å². The first-order valence-electron chi connectivity index (χ1n) is 9.07. The van der Waals surface area contributed by atoms with Crippen molar-refractivity contribution < 1.29 is 9.90 Å². The molecule has 0 saturated heterocycles. The van der Waals surface area contributed by atoms with Crippen LogP contribution in [0.15, 0.2) is 48.5 Å². The van der Waals surface area contributed by atoms with Crippen molar-refractivity contribution in [3.63, 3.8) is 0 Å². The third-order valence-corrected chi connectivity index (χ3v) is 5.42. The number of para-hydroxylation sites is 1. The molecule has 3 rings (SSSR count). The van der Waals surface area contributed by atoms with Gasteiger partial charge in [0.05, 0.1) is 16.2 Å². The molecule has 2 aromatic rings. The highest BCUT2D eigenvalue weighted by Gasteiger charge is 2.29. The van der Waals surface area contributed by atoms with Gasteiger partial charge in [-0.25, -0.2) is 0 Å². The smallest absolute Gasteiger partial charge is 0.252 e. The SMILES string of the molecule is CN(c1ccccc1)c1ccc(Cl)c(C(=O)NCC2(O)CCCCC2)c1. The zero-order chi connectivity index (χ0) is 18.6. The van der Waals surface area contributed by atoms with E-state index in [0.717, 1.165) is 43.5 Å². The molecule has 1 aliphatic rings. The van der Waals surface area contributed by atoms with Crippen LogP contribution in [-0.2, 0) is 0 Å². The second kappa shape index (κ2) is 8.11. The lowest BCUT2D eigenvalue weighted by molar-refractivity contribution is 0.00526. The molecule has 2 aromatic carbocycles. The van der Waals surface area contributed by atoms with Gasteiger partial charge in [-0.3, -0.25) is 4.79 Å². The van der Waals surface area contributed by atoms with Crippen molar-refractivity contribution in [3.8, 4) is 0 Å². The molecule has 0 aliphatic heterocycles. The average Bonchev–Trinajstić information content (AvgIpc) is 2.67. The number of halogens is 1. The summed E-state index contributed by atoms with van der Waals surface area (Å²) in [6.07, 6.45) is 4.63. The molecule has 0 heterocycles. The lowest BCUT2D eigenvalue weighted by atomic mass is 9.85. The maximum atomic E-state index is 12.6. The van der Waals surface area contributed by atoms with Crippen LogP contribution in [0.1, 0.15) is 42.5 Å². The molecule has 4 nitrogen and oxygen atoms in total. The van der Waals surface area contributed by atoms with Crippen molar-refractivity contribution in [2.45, 2.75) is 37.7 Å². The predicted octanol–water partition coefficient (Wildman–Crippen LogP) is 4.53. The summed E-state index contributed by atoms with van der Waals surface area (Å²) in [4.78, 5) is 14.6. The van der Waals surface area contributed by atoms with Gasteiger partial charge >= 0.3 is 0 Å². The molecular formula is C21H25ClN2O2. The molecule has 1 amide bonds. The van der Waals surface area contributed by atoms with Crippen LogP contribution in [0.2, 0.25) is 5.02 Å². The van der Waals surface area contributed by atoms with Crippen LogP contribution >= 0.6 is 11.6 Å². The number of nitrogens with zero attached hydrogens (tertiary/aromatic N) is 1. The van der Waals surface area contributed by atoms with Crippen LogP contribution in [0.25, 0.3) is 0 Å². The first-order chi connectivity index (χ1) is 12.5. The van der Waals surface area contributed by atoms with E-state index in [4.69, 9.17) is 11.6 Å². The predicted molar refractivity (Wildman–Crippen MR) is 106 cm³/mol. The Labute approximate surface area is 159 Å². The zero-order valence-corrected chi connectivity index (χ0v) is 15.8. The van der Waals surface area contributed by atoms with Gasteiger partial charge in [0, 0.05) is 25.0 Å². The number of aliphatic hydroxyl groups is 1. The lowest BCUT2D eigenvalue weighted by Crippen LogP contribution is -2.44. The Bertz CT molecular complexity index is 758. The Morgan fingerprint density at radius 3 is 2.50 bits per heavy atom. The first kappa shape index (κ1) is 18.7. The number of hydrogen-bond acceptors (Lipinski definition) is 3. The van der Waals surface area contributed by atoms with Crippen LogP contribution in [0.5, 0.6) is 0 Å². The quantitative estimate of drug-likeness (QED) is 0.810. The highest BCUT2D eigenvalue weighted by Crippen LogP contribution is 2.29. The van der Waals surface area contributed by atoms with Gasteiger partial charge in [-0.2, -0.15) is 0 Å². The van der Waals surface area contributed by atoms with Crippen molar-refractivity contribution in [2.75, 3.05) is 18.5 Å². The van der Waals surface area contributed by atoms with Crippen molar-refractivity contribution in [2.24, 2.45) is 0 Å². The summed E-state index contributed by atoms with van der Waals surface area (Å²) in [5, 5.41) is 13.8. The summed E-state index contributed by atoms with van der Waals surface area (Å²) in [5.74, 6) is -0.252. The highest BCUT2D eigenvalue weighted by atomic mass is 35.5. The summed E-state index contributed by atoms with van der Waals surface area (Å²) in [7, 11) is 1.95. The zero-order valence-electron chi connectivity index (χ0n) is 15.0. The van der Waals surface area contributed by atoms with Crippen LogP contribution in [0.3, 0.4) is 0 Å². The number of benzene rings is 2. The minimum atomic E-state index is -0.793. The number of amides is 1. The number of rotatable bonds is 5. The summed E-state index contributed by atoms with van der Waals surface area (Å²) < 4.78 is 0. The van der Waals surface area contributed by atoms with E-state index >= 15 is 0 Å². The van der Waals surface area contributed by atoms with Crippen molar-refractivity contribution >= 4 is 28.9 Å². The van der Waals surface area contributed by atoms with Gasteiger partial charge in [-0.1, -0.05) is 49.1 Å². The fourth-order valence-corrected chi connectivity index (χ4v) is 3.63. The molecule has 2 N–H and O–H groups in total. The fourth-order valence-electron chi connectivity index (χ4n) is 3.42. The molecule has 138 valence electrons. The summed E-state index contributed by atoms with van der Waals surface area (Å²) >= 11 is 6.26. The largest absolute Gasteiger partial charge is 0.388 e. The van der Waals surface area contributed by atoms with E-state index in [9.17, 15) is 9.90 Å². The number of nitrogens with one attached hydrogen (secondary N) is 1. The van der Waals surface area contributed by atoms with Crippen LogP contribution < -0.4 is 10.2 Å². The Morgan fingerprint density at radius 2 is 1.81 bits per heavy atom. The van der Waals surface area contributed by atoms with Crippen LogP contribution in [-0.4, -0.2) is 30.2 Å². The van der Waals surface area contributed by atoms with Crippen LogP contribution in [0, 0.1) is 0 Å². The molecule has 0 aromatic heterocycles. The molecule has 1 saturated carbocycles. The molecular weight excluding hydrogens is 348 g/mol. The Hall–Kier alpha value is -2.04. The van der Waals surface area contributed by atoms with Gasteiger partial charge in [0.2, 0.25) is 0 Å². The van der Waals surface area contributed by atoms with Gasteiger partial charge in [-0.15, -0.1) is 0 Å². The second-order valence-corrected chi connectivity index (χ2v) is 7.43. The van der Waals surface area contributed by atoms with Gasteiger partial charge in [-0.05, 0) is 43.2 Å². The normalized spacial score (nSPS) is 16.1. The monoisotopic (exact) mass is 372 g/mol. The molecule has 0 unspecified atom stereocenters. The molecule has 26 heavy (non-hydrogen) atoms. The summed E-state index contributed by atoms with van der Waals surface area (Å²) in [6, 6.07) is 15.3. The number of carbonyl (C=O) groups excluding carboxylic acids is 1. The van der Waals surface area contributed by atoms with Gasteiger partial charge in [0.15, 0.2) is 0 Å². The standard InChI is InChI=1S/C21H25ClN2O2/c1-24(16-8-4-2-5-9-16)17-10-11-19(22)18(14-17)20(25)23-15-21(26)12-6-3-7-13-21/h2,4-5,8-11,14,26H,3,6-7,12-13,15H2,1H3,(H,23,25). The second-order valence-electron chi connectivity index (χ2n) is 7.03. The third kappa shape index (κ3) is 4.37. The molecule has 0 radical (unpaired) electrons. The van der Waals surface area contributed by atoms with E-state index < -0.39 is 5.60 Å². The maximum Gasteiger partial charge on any atom is 0.252 e. The molecule has 0 atom stereocenters. The molecule has 1 fully saturated rings. The van der Waals surface area contributed by atoms with Gasteiger partial charge < -0.3 is 15.3 Å². The average molecular weight is 373 g/mol. The van der Waals surface area contributed by atoms with Crippen LogP contribution in [0.4, 0.5) is 11.4 Å². The van der Waals surface area contributed by atoms with E-state index in [2.05, 4.69) is 5.32 Å². The summed E-state index contributed by atoms with van der Waals surface area (Å²) in [6.45, 7) is 0.265. The minimum Gasteiger partial charge on any atom is -0.388 e. The summed E-state index contributed by atoms with van der Waals surface area (Å²) in [5.41, 5.74) is 1.53. The fraction of sp³-hybridized carbons (Fsp3) is 0.381. The highest BCUT2D eigenvalue weighted by molar-refractivity contribution is 6.34. The topological polar surface area (TPSA) is 52.6 Å². The molecule has 0 bridgehead atoms. The maximum absolute atomic E-state index is 12.6. The molecule has 5 heteroatoms. The molecule has 0 spiro atoms. The first-order valence-corrected chi connectivity index (χ1v) is 9.45. The van der Waals surface area contributed by atoms with Crippen molar-refractivity contribution in [1.82, 2.24) is 5.32 Å². The van der Waals surface area contributed by atoms with E-state index in [1.54, 1.807) is 12.1 Å². The Kier molecular flexibility index (Phi) is 5.84. The van der Waals surface area contributed by atoms with Gasteiger partial charge in [0.1, 0.15) is 0 Å². The Balaban J connectivity index is 1.73. The number of hydrogen-bond donors (Lipinski definition) is 2. The minimum absolute atomic E-state index is 0.252. The lowest BCUT2D eigenvalue weighted by Gasteiger charge is -2.32. The van der Waals surface area contributed by atoms with E-state index in [1.165, 1.54) is 0 Å². The van der Waals surface area contributed by atoms with E-state index in [1.807, 2.05) is 48.3 Å². The van der Waals surface area contributed by atoms with E-state index in [0.29, 0.717) is 10.6 Å². The molecule has 1 aliphatic carbocycles. The number of carbonyl (C=O) groups is 1. The van der Waals surface area contributed by atoms with Gasteiger partial charge in [0.25, 0.3) is 5.91 Å². The number of anilines is 2.